The van der Waals surface area contributed by atoms with Crippen LogP contribution in [-0.2, 0) is 6.42 Å². The van der Waals surface area contributed by atoms with Crippen molar-refractivity contribution in [2.45, 2.75) is 32.4 Å². The molecule has 0 saturated carbocycles. The number of benzene rings is 1. The van der Waals surface area contributed by atoms with Gasteiger partial charge >= 0.3 is 0 Å². The van der Waals surface area contributed by atoms with Crippen LogP contribution in [0.4, 0.5) is 4.39 Å². The van der Waals surface area contributed by atoms with E-state index in [0.717, 1.165) is 5.82 Å². The molecule has 7 heteroatoms. The molecular formula is C13H17ClFN5. The fourth-order valence-electron chi connectivity index (χ4n) is 2.08. The summed E-state index contributed by atoms with van der Waals surface area (Å²) in [6, 6.07) is 4.32. The van der Waals surface area contributed by atoms with Crippen molar-refractivity contribution >= 4 is 11.6 Å². The summed E-state index contributed by atoms with van der Waals surface area (Å²) < 4.78 is 15.7. The first kappa shape index (κ1) is 14.9. The molecule has 5 nitrogen and oxygen atoms in total. The standard InChI is InChI=1S/C13H17ClFN5/c1-8(2)20-13(17-7-18-20)6-12(19-16)10-4-3-9(14)5-11(10)15/h3-5,7-8,12,19H,6,16H2,1-2H3. The van der Waals surface area contributed by atoms with Crippen molar-refractivity contribution in [2.24, 2.45) is 5.84 Å². The molecule has 0 amide bonds. The third-order valence-corrected chi connectivity index (χ3v) is 3.30. The molecule has 0 aliphatic carbocycles. The number of nitrogens with zero attached hydrogens (tertiary/aromatic N) is 3. The van der Waals surface area contributed by atoms with Crippen LogP contribution >= 0.6 is 11.6 Å². The summed E-state index contributed by atoms with van der Waals surface area (Å²) in [4.78, 5) is 4.21. The van der Waals surface area contributed by atoms with E-state index >= 15 is 0 Å². The number of hydrogen-bond donors (Lipinski definition) is 2. The number of hydrogen-bond acceptors (Lipinski definition) is 4. The van der Waals surface area contributed by atoms with Crippen LogP contribution in [0.5, 0.6) is 0 Å². The minimum Gasteiger partial charge on any atom is -0.271 e. The Labute approximate surface area is 121 Å². The van der Waals surface area contributed by atoms with Gasteiger partial charge in [0, 0.05) is 23.0 Å². The zero-order valence-corrected chi connectivity index (χ0v) is 12.1. The lowest BCUT2D eigenvalue weighted by molar-refractivity contribution is 0.457. The molecule has 0 aliphatic heterocycles. The van der Waals surface area contributed by atoms with Crippen molar-refractivity contribution in [1.29, 1.82) is 0 Å². The molecule has 1 unspecified atom stereocenters. The summed E-state index contributed by atoms with van der Waals surface area (Å²) >= 11 is 5.76. The molecule has 1 aromatic carbocycles. The van der Waals surface area contributed by atoms with Crippen molar-refractivity contribution in [2.75, 3.05) is 0 Å². The number of aromatic nitrogens is 3. The van der Waals surface area contributed by atoms with Gasteiger partial charge in [0.25, 0.3) is 0 Å². The molecule has 3 N–H and O–H groups in total. The summed E-state index contributed by atoms with van der Waals surface area (Å²) in [5, 5.41) is 4.51. The fraction of sp³-hybridized carbons (Fsp3) is 0.385. The van der Waals surface area contributed by atoms with Crippen LogP contribution < -0.4 is 11.3 Å². The topological polar surface area (TPSA) is 68.8 Å². The maximum Gasteiger partial charge on any atom is 0.138 e. The second kappa shape index (κ2) is 6.30. The molecule has 108 valence electrons. The molecule has 0 radical (unpaired) electrons. The highest BCUT2D eigenvalue weighted by Gasteiger charge is 2.19. The Morgan fingerprint density at radius 1 is 1.45 bits per heavy atom. The van der Waals surface area contributed by atoms with Crippen LogP contribution in [0, 0.1) is 5.82 Å². The van der Waals surface area contributed by atoms with Crippen LogP contribution in [0.2, 0.25) is 5.02 Å². The first-order valence-corrected chi connectivity index (χ1v) is 6.70. The minimum atomic E-state index is -0.394. The smallest absolute Gasteiger partial charge is 0.138 e. The van der Waals surface area contributed by atoms with E-state index in [9.17, 15) is 4.39 Å². The van der Waals surface area contributed by atoms with E-state index in [-0.39, 0.29) is 6.04 Å². The predicted molar refractivity (Wildman–Crippen MR) is 75.6 cm³/mol. The average Bonchev–Trinajstić information content (AvgIpc) is 2.85. The quantitative estimate of drug-likeness (QED) is 0.657. The summed E-state index contributed by atoms with van der Waals surface area (Å²) in [6.07, 6.45) is 1.92. The van der Waals surface area contributed by atoms with Gasteiger partial charge < -0.3 is 0 Å². The largest absolute Gasteiger partial charge is 0.271 e. The molecule has 0 bridgehead atoms. The Bertz CT molecular complexity index is 584. The van der Waals surface area contributed by atoms with Gasteiger partial charge in [-0.25, -0.2) is 14.1 Å². The van der Waals surface area contributed by atoms with Crippen molar-refractivity contribution in [3.8, 4) is 0 Å². The minimum absolute atomic E-state index is 0.181. The molecule has 0 saturated heterocycles. The number of nitrogens with two attached hydrogens (primary N) is 1. The maximum atomic E-state index is 14.0. The zero-order chi connectivity index (χ0) is 14.7. The summed E-state index contributed by atoms with van der Waals surface area (Å²) in [7, 11) is 0. The SMILES string of the molecule is CC(C)n1ncnc1CC(NN)c1ccc(Cl)cc1F. The van der Waals surface area contributed by atoms with E-state index < -0.39 is 11.9 Å². The van der Waals surface area contributed by atoms with Crippen LogP contribution in [0.3, 0.4) is 0 Å². The average molecular weight is 298 g/mol. The highest BCUT2D eigenvalue weighted by Crippen LogP contribution is 2.23. The zero-order valence-electron chi connectivity index (χ0n) is 11.3. The van der Waals surface area contributed by atoms with Gasteiger partial charge in [-0.1, -0.05) is 17.7 Å². The van der Waals surface area contributed by atoms with Crippen molar-refractivity contribution < 1.29 is 4.39 Å². The van der Waals surface area contributed by atoms with Crippen molar-refractivity contribution in [3.05, 3.63) is 46.8 Å². The third-order valence-electron chi connectivity index (χ3n) is 3.06. The molecule has 0 spiro atoms. The van der Waals surface area contributed by atoms with Crippen LogP contribution in [0.1, 0.15) is 37.3 Å². The number of hydrazine groups is 1. The molecule has 2 aromatic rings. The van der Waals surface area contributed by atoms with Crippen LogP contribution in [0.25, 0.3) is 0 Å². The third kappa shape index (κ3) is 3.15. The van der Waals surface area contributed by atoms with E-state index in [4.69, 9.17) is 17.4 Å². The molecule has 20 heavy (non-hydrogen) atoms. The van der Waals surface area contributed by atoms with E-state index in [1.54, 1.807) is 16.8 Å². The molecule has 0 fully saturated rings. The van der Waals surface area contributed by atoms with Crippen molar-refractivity contribution in [1.82, 2.24) is 20.2 Å². The Kier molecular flexibility index (Phi) is 4.69. The van der Waals surface area contributed by atoms with E-state index in [0.29, 0.717) is 17.0 Å². The van der Waals surface area contributed by atoms with Gasteiger partial charge in [0.15, 0.2) is 0 Å². The lowest BCUT2D eigenvalue weighted by atomic mass is 10.0. The van der Waals surface area contributed by atoms with Gasteiger partial charge in [0.1, 0.15) is 18.0 Å². The molecule has 1 atom stereocenters. The molecule has 2 rings (SSSR count). The normalized spacial score (nSPS) is 12.9. The summed E-state index contributed by atoms with van der Waals surface area (Å²) in [6.45, 7) is 4.01. The fourth-order valence-corrected chi connectivity index (χ4v) is 2.24. The number of halogens is 2. The first-order chi connectivity index (χ1) is 9.52. The Morgan fingerprint density at radius 2 is 2.20 bits per heavy atom. The van der Waals surface area contributed by atoms with E-state index in [1.807, 2.05) is 13.8 Å². The Morgan fingerprint density at radius 3 is 2.80 bits per heavy atom. The maximum absolute atomic E-state index is 14.0. The monoisotopic (exact) mass is 297 g/mol. The Balaban J connectivity index is 2.27. The highest BCUT2D eigenvalue weighted by molar-refractivity contribution is 6.30. The van der Waals surface area contributed by atoms with Gasteiger partial charge in [0.2, 0.25) is 0 Å². The summed E-state index contributed by atoms with van der Waals surface area (Å²) in [5.41, 5.74) is 3.07. The summed E-state index contributed by atoms with van der Waals surface area (Å²) in [5.74, 6) is 5.90. The molecule has 1 aromatic heterocycles. The predicted octanol–water partition coefficient (Wildman–Crippen LogP) is 2.40. The number of nitrogens with one attached hydrogen (secondary N) is 1. The molecule has 0 aliphatic rings. The van der Waals surface area contributed by atoms with Gasteiger partial charge in [-0.3, -0.25) is 11.3 Å². The van der Waals surface area contributed by atoms with Gasteiger partial charge in [-0.15, -0.1) is 0 Å². The second-order valence-corrected chi connectivity index (χ2v) is 5.24. The lowest BCUT2D eigenvalue weighted by Crippen LogP contribution is -2.31. The highest BCUT2D eigenvalue weighted by atomic mass is 35.5. The van der Waals surface area contributed by atoms with Gasteiger partial charge in [0.05, 0.1) is 6.04 Å². The van der Waals surface area contributed by atoms with Crippen LogP contribution in [0.15, 0.2) is 24.5 Å². The van der Waals surface area contributed by atoms with Crippen LogP contribution in [-0.4, -0.2) is 14.8 Å². The van der Waals surface area contributed by atoms with Crippen molar-refractivity contribution in [3.63, 3.8) is 0 Å². The van der Waals surface area contributed by atoms with E-state index in [1.165, 1.54) is 12.4 Å². The Hall–Kier alpha value is -1.50. The second-order valence-electron chi connectivity index (χ2n) is 4.80. The first-order valence-electron chi connectivity index (χ1n) is 6.32. The molecular weight excluding hydrogens is 281 g/mol. The lowest BCUT2D eigenvalue weighted by Gasteiger charge is -2.18. The van der Waals surface area contributed by atoms with Gasteiger partial charge in [-0.2, -0.15) is 5.10 Å². The van der Waals surface area contributed by atoms with E-state index in [2.05, 4.69) is 15.5 Å². The molecule has 1 heterocycles. The number of rotatable bonds is 5. The van der Waals surface area contributed by atoms with Gasteiger partial charge in [-0.05, 0) is 26.0 Å².